The van der Waals surface area contributed by atoms with E-state index in [-0.39, 0.29) is 11.8 Å². The number of anilines is 1. The molecule has 0 unspecified atom stereocenters. The van der Waals surface area contributed by atoms with Gasteiger partial charge in [0, 0.05) is 10.9 Å². The van der Waals surface area contributed by atoms with Gasteiger partial charge in [-0.2, -0.15) is 5.10 Å². The molecule has 0 bridgehead atoms. The highest BCUT2D eigenvalue weighted by molar-refractivity contribution is 6.33. The molecule has 18 heavy (non-hydrogen) atoms. The first-order chi connectivity index (χ1) is 8.66. The van der Waals surface area contributed by atoms with Gasteiger partial charge in [-0.05, 0) is 12.1 Å². The number of nitrogens with zero attached hydrogens (tertiary/aromatic N) is 3. The number of hydrogen-bond acceptors (Lipinski definition) is 4. The number of nitrogens with two attached hydrogens (primary N) is 1. The molecule has 3 aromatic rings. The number of nitrogens with one attached hydrogen (secondary N) is 1. The monoisotopic (exact) mass is 263 g/mol. The van der Waals surface area contributed by atoms with Crippen molar-refractivity contribution in [3.05, 3.63) is 35.4 Å². The lowest BCUT2D eigenvalue weighted by molar-refractivity contribution is 0.636. The van der Waals surface area contributed by atoms with Crippen molar-refractivity contribution < 1.29 is 4.39 Å². The number of fused-ring (bicyclic) bond motifs is 1. The molecule has 5 nitrogen and oxygen atoms in total. The van der Waals surface area contributed by atoms with Crippen LogP contribution in [-0.4, -0.2) is 20.2 Å². The average Bonchev–Trinajstić information content (AvgIpc) is 2.83. The summed E-state index contributed by atoms with van der Waals surface area (Å²) in [5.74, 6) is -0.278. The van der Waals surface area contributed by atoms with Gasteiger partial charge in [-0.3, -0.25) is 5.10 Å². The fourth-order valence-electron chi connectivity index (χ4n) is 1.78. The third-order valence-corrected chi connectivity index (χ3v) is 2.86. The molecule has 2 heterocycles. The highest BCUT2D eigenvalue weighted by Gasteiger charge is 2.13. The second kappa shape index (κ2) is 3.92. The molecule has 2 aromatic heterocycles. The van der Waals surface area contributed by atoms with Gasteiger partial charge in [0.2, 0.25) is 5.95 Å². The highest BCUT2D eigenvalue weighted by atomic mass is 35.5. The third kappa shape index (κ3) is 1.58. The van der Waals surface area contributed by atoms with Crippen LogP contribution in [0.3, 0.4) is 0 Å². The topological polar surface area (TPSA) is 80.5 Å². The van der Waals surface area contributed by atoms with Gasteiger partial charge in [-0.15, -0.1) is 0 Å². The summed E-state index contributed by atoms with van der Waals surface area (Å²) in [6, 6.07) is 2.91. The van der Waals surface area contributed by atoms with Crippen LogP contribution in [0.2, 0.25) is 5.02 Å². The summed E-state index contributed by atoms with van der Waals surface area (Å²) < 4.78 is 13.5. The van der Waals surface area contributed by atoms with Crippen molar-refractivity contribution in [2.24, 2.45) is 0 Å². The van der Waals surface area contributed by atoms with E-state index in [1.54, 1.807) is 6.07 Å². The SMILES string of the molecule is Nc1ncc(Cl)c(-c2ccc(F)c3[nH]ncc23)n1. The van der Waals surface area contributed by atoms with Crippen LogP contribution >= 0.6 is 11.6 Å². The van der Waals surface area contributed by atoms with E-state index in [4.69, 9.17) is 17.3 Å². The van der Waals surface area contributed by atoms with E-state index in [1.165, 1.54) is 18.5 Å². The molecule has 3 rings (SSSR count). The van der Waals surface area contributed by atoms with Crippen LogP contribution in [0.25, 0.3) is 22.2 Å². The lowest BCUT2D eigenvalue weighted by atomic mass is 10.1. The Bertz CT molecular complexity index is 739. The van der Waals surface area contributed by atoms with Crippen molar-refractivity contribution in [3.8, 4) is 11.3 Å². The summed E-state index contributed by atoms with van der Waals surface area (Å²) in [7, 11) is 0. The molecule has 0 aliphatic rings. The second-order valence-corrected chi connectivity index (χ2v) is 4.09. The van der Waals surface area contributed by atoms with Gasteiger partial charge < -0.3 is 5.73 Å². The fraction of sp³-hybridized carbons (Fsp3) is 0. The lowest BCUT2D eigenvalue weighted by Gasteiger charge is -2.05. The summed E-state index contributed by atoms with van der Waals surface area (Å²) >= 11 is 6.03. The zero-order valence-corrected chi connectivity index (χ0v) is 9.74. The minimum absolute atomic E-state index is 0.107. The average molecular weight is 264 g/mol. The van der Waals surface area contributed by atoms with E-state index in [2.05, 4.69) is 20.2 Å². The summed E-state index contributed by atoms with van der Waals surface area (Å²) in [6.45, 7) is 0. The maximum Gasteiger partial charge on any atom is 0.220 e. The molecule has 0 aliphatic heterocycles. The number of aromatic nitrogens is 4. The van der Waals surface area contributed by atoms with Crippen LogP contribution in [0.15, 0.2) is 24.5 Å². The largest absolute Gasteiger partial charge is 0.368 e. The van der Waals surface area contributed by atoms with E-state index < -0.39 is 0 Å². The van der Waals surface area contributed by atoms with Gasteiger partial charge in [-0.25, -0.2) is 14.4 Å². The van der Waals surface area contributed by atoms with Crippen molar-refractivity contribution in [2.75, 3.05) is 5.73 Å². The van der Waals surface area contributed by atoms with Gasteiger partial charge in [0.15, 0.2) is 0 Å². The minimum atomic E-state index is -0.385. The van der Waals surface area contributed by atoms with Crippen molar-refractivity contribution >= 4 is 28.5 Å². The van der Waals surface area contributed by atoms with Crippen molar-refractivity contribution in [2.45, 2.75) is 0 Å². The summed E-state index contributed by atoms with van der Waals surface area (Å²) in [6.07, 6.45) is 2.93. The Hall–Kier alpha value is -2.21. The Balaban J connectivity index is 2.35. The number of nitrogen functional groups attached to an aromatic ring is 1. The standard InChI is InChI=1S/C11H7ClFN5/c12-7-4-15-11(14)17-9(7)5-1-2-8(13)10-6(5)3-16-18-10/h1-4H,(H,16,18)(H2,14,15,17). The molecule has 0 amide bonds. The Kier molecular flexibility index (Phi) is 2.38. The zero-order chi connectivity index (χ0) is 12.7. The number of H-pyrrole nitrogens is 1. The molecule has 0 saturated carbocycles. The molecule has 0 aliphatic carbocycles. The fourth-order valence-corrected chi connectivity index (χ4v) is 1.97. The van der Waals surface area contributed by atoms with Crippen LogP contribution in [0.5, 0.6) is 0 Å². The molecule has 90 valence electrons. The minimum Gasteiger partial charge on any atom is -0.368 e. The van der Waals surface area contributed by atoms with E-state index >= 15 is 0 Å². The number of hydrogen-bond donors (Lipinski definition) is 2. The van der Waals surface area contributed by atoms with Crippen LogP contribution in [0.1, 0.15) is 0 Å². The first-order valence-corrected chi connectivity index (χ1v) is 5.44. The van der Waals surface area contributed by atoms with Gasteiger partial charge in [-0.1, -0.05) is 11.6 Å². The van der Waals surface area contributed by atoms with E-state index in [1.807, 2.05) is 0 Å². The molecule has 0 atom stereocenters. The number of rotatable bonds is 1. The van der Waals surface area contributed by atoms with Gasteiger partial charge in [0.05, 0.1) is 23.1 Å². The maximum atomic E-state index is 13.5. The van der Waals surface area contributed by atoms with E-state index in [0.717, 1.165) is 0 Å². The molecule has 0 radical (unpaired) electrons. The molecular formula is C11H7ClFN5. The maximum absolute atomic E-state index is 13.5. The van der Waals surface area contributed by atoms with E-state index in [0.29, 0.717) is 27.2 Å². The predicted molar refractivity (Wildman–Crippen MR) is 66.5 cm³/mol. The predicted octanol–water partition coefficient (Wildman–Crippen LogP) is 2.39. The highest BCUT2D eigenvalue weighted by Crippen LogP contribution is 2.32. The normalized spacial score (nSPS) is 11.0. The van der Waals surface area contributed by atoms with Crippen LogP contribution < -0.4 is 5.73 Å². The van der Waals surface area contributed by atoms with Crippen molar-refractivity contribution in [3.63, 3.8) is 0 Å². The number of halogens is 2. The summed E-state index contributed by atoms with van der Waals surface area (Å²) in [5, 5.41) is 7.35. The Morgan fingerprint density at radius 1 is 1.28 bits per heavy atom. The summed E-state index contributed by atoms with van der Waals surface area (Å²) in [4.78, 5) is 7.86. The van der Waals surface area contributed by atoms with Gasteiger partial charge >= 0.3 is 0 Å². The zero-order valence-electron chi connectivity index (χ0n) is 8.98. The molecule has 3 N–H and O–H groups in total. The van der Waals surface area contributed by atoms with Gasteiger partial charge in [0.25, 0.3) is 0 Å². The molecule has 0 spiro atoms. The van der Waals surface area contributed by atoms with Crippen LogP contribution in [0, 0.1) is 5.82 Å². The Labute approximate surface area is 106 Å². The first kappa shape index (κ1) is 10.9. The molecule has 1 aromatic carbocycles. The van der Waals surface area contributed by atoms with Crippen molar-refractivity contribution in [1.82, 2.24) is 20.2 Å². The van der Waals surface area contributed by atoms with Crippen LogP contribution in [0.4, 0.5) is 10.3 Å². The quantitative estimate of drug-likeness (QED) is 0.706. The van der Waals surface area contributed by atoms with Crippen LogP contribution in [-0.2, 0) is 0 Å². The van der Waals surface area contributed by atoms with E-state index in [9.17, 15) is 4.39 Å². The third-order valence-electron chi connectivity index (χ3n) is 2.58. The lowest BCUT2D eigenvalue weighted by Crippen LogP contribution is -1.97. The summed E-state index contributed by atoms with van der Waals surface area (Å²) in [5.41, 5.74) is 6.95. The Morgan fingerprint density at radius 2 is 2.11 bits per heavy atom. The molecule has 0 saturated heterocycles. The van der Waals surface area contributed by atoms with Gasteiger partial charge in [0.1, 0.15) is 11.3 Å². The number of benzene rings is 1. The first-order valence-electron chi connectivity index (χ1n) is 5.07. The smallest absolute Gasteiger partial charge is 0.220 e. The van der Waals surface area contributed by atoms with Crippen molar-refractivity contribution in [1.29, 1.82) is 0 Å². The Morgan fingerprint density at radius 3 is 2.94 bits per heavy atom. The number of aromatic amines is 1. The molecule has 0 fully saturated rings. The molecule has 7 heteroatoms. The second-order valence-electron chi connectivity index (χ2n) is 3.68. The molecular weight excluding hydrogens is 257 g/mol.